The van der Waals surface area contributed by atoms with E-state index >= 15 is 0 Å². The van der Waals surface area contributed by atoms with Gasteiger partial charge in [-0.15, -0.1) is 0 Å². The van der Waals surface area contributed by atoms with Gasteiger partial charge in [-0.2, -0.15) is 0 Å². The average molecular weight is 473 g/mol. The van der Waals surface area contributed by atoms with Crippen molar-refractivity contribution in [3.63, 3.8) is 0 Å². The van der Waals surface area contributed by atoms with Crippen molar-refractivity contribution in [3.05, 3.63) is 77.6 Å². The van der Waals surface area contributed by atoms with Crippen molar-refractivity contribution in [3.8, 4) is 17.1 Å². The van der Waals surface area contributed by atoms with Gasteiger partial charge in [-0.3, -0.25) is 0 Å². The molecule has 3 heteroatoms. The molecule has 0 amide bonds. The molecule has 0 aliphatic heterocycles. The fraction of sp³-hybridized carbons (Fsp3) is 0.500. The fourth-order valence-corrected chi connectivity index (χ4v) is 4.38. The first-order valence-electron chi connectivity index (χ1n) is 13.9. The molecule has 1 aromatic heterocycles. The van der Waals surface area contributed by atoms with E-state index in [1.807, 2.05) is 0 Å². The van der Waals surface area contributed by atoms with Gasteiger partial charge in [0.2, 0.25) is 5.88 Å². The zero-order valence-corrected chi connectivity index (χ0v) is 22.0. The van der Waals surface area contributed by atoms with Crippen LogP contribution in [0.15, 0.2) is 60.9 Å². The van der Waals surface area contributed by atoms with E-state index in [9.17, 15) is 0 Å². The Balaban J connectivity index is 1.39. The van der Waals surface area contributed by atoms with Gasteiger partial charge < -0.3 is 4.74 Å². The maximum absolute atomic E-state index is 5.87. The first-order valence-corrected chi connectivity index (χ1v) is 13.9. The SMILES string of the molecule is CCCCCCCCCc1ccc(-c2cnc(OCc3ccc(CCCCCC)cc3)cn2)cc1. The van der Waals surface area contributed by atoms with Crippen LogP contribution in [0, 0.1) is 0 Å². The standard InChI is InChI=1S/C32H44N2O/c1-3-5-7-9-10-11-13-15-28-20-22-30(23-21-28)31-24-34-32(25-33-31)35-26-29-18-16-27(17-19-29)14-12-8-6-4-2/h16-25H,3-15,26H2,1-2H3. The lowest BCUT2D eigenvalue weighted by Gasteiger charge is -2.08. The summed E-state index contributed by atoms with van der Waals surface area (Å²) < 4.78 is 5.87. The summed E-state index contributed by atoms with van der Waals surface area (Å²) in [6.45, 7) is 5.04. The minimum absolute atomic E-state index is 0.511. The molecule has 0 atom stereocenters. The van der Waals surface area contributed by atoms with Gasteiger partial charge in [-0.1, -0.05) is 120 Å². The predicted octanol–water partition coefficient (Wildman–Crippen LogP) is 9.14. The van der Waals surface area contributed by atoms with Crippen molar-refractivity contribution in [2.45, 2.75) is 104 Å². The molecule has 0 spiro atoms. The lowest BCUT2D eigenvalue weighted by atomic mass is 10.0. The first-order chi connectivity index (χ1) is 17.3. The number of nitrogens with zero attached hydrogens (tertiary/aromatic N) is 2. The average Bonchev–Trinajstić information content (AvgIpc) is 2.91. The molecule has 3 rings (SSSR count). The third kappa shape index (κ3) is 10.2. The normalized spacial score (nSPS) is 11.0. The highest BCUT2D eigenvalue weighted by Gasteiger charge is 2.04. The van der Waals surface area contributed by atoms with Crippen LogP contribution in [0.5, 0.6) is 5.88 Å². The van der Waals surface area contributed by atoms with E-state index in [4.69, 9.17) is 4.74 Å². The lowest BCUT2D eigenvalue weighted by Crippen LogP contribution is -1.99. The highest BCUT2D eigenvalue weighted by Crippen LogP contribution is 2.20. The highest BCUT2D eigenvalue weighted by molar-refractivity contribution is 5.58. The Kier molecular flexibility index (Phi) is 12.4. The summed E-state index contributed by atoms with van der Waals surface area (Å²) in [7, 11) is 0. The summed E-state index contributed by atoms with van der Waals surface area (Å²) >= 11 is 0. The lowest BCUT2D eigenvalue weighted by molar-refractivity contribution is 0.292. The van der Waals surface area contributed by atoms with Gasteiger partial charge in [-0.25, -0.2) is 9.97 Å². The first kappa shape index (κ1) is 26.9. The molecule has 3 aromatic rings. The molecule has 0 saturated heterocycles. The summed E-state index contributed by atoms with van der Waals surface area (Å²) in [5.74, 6) is 0.563. The molecule has 0 fully saturated rings. The number of hydrogen-bond acceptors (Lipinski definition) is 3. The Hall–Kier alpha value is -2.68. The number of aromatic nitrogens is 2. The quantitative estimate of drug-likeness (QED) is 0.184. The summed E-state index contributed by atoms with van der Waals surface area (Å²) in [5.41, 5.74) is 5.95. The monoisotopic (exact) mass is 472 g/mol. The van der Waals surface area contributed by atoms with Gasteiger partial charge >= 0.3 is 0 Å². The molecule has 0 saturated carbocycles. The molecule has 0 radical (unpaired) electrons. The minimum atomic E-state index is 0.511. The maximum Gasteiger partial charge on any atom is 0.232 e. The van der Waals surface area contributed by atoms with E-state index in [0.717, 1.165) is 29.7 Å². The number of rotatable bonds is 17. The van der Waals surface area contributed by atoms with Gasteiger partial charge in [0.25, 0.3) is 0 Å². The van der Waals surface area contributed by atoms with Crippen molar-refractivity contribution in [1.29, 1.82) is 0 Å². The summed E-state index contributed by atoms with van der Waals surface area (Å²) in [6.07, 6.45) is 20.5. The molecule has 3 nitrogen and oxygen atoms in total. The van der Waals surface area contributed by atoms with Gasteiger partial charge in [0.15, 0.2) is 0 Å². The van der Waals surface area contributed by atoms with Crippen LogP contribution in [0.3, 0.4) is 0 Å². The molecule has 0 aliphatic rings. The molecular weight excluding hydrogens is 428 g/mol. The van der Waals surface area contributed by atoms with E-state index in [-0.39, 0.29) is 0 Å². The number of unbranched alkanes of at least 4 members (excludes halogenated alkanes) is 9. The van der Waals surface area contributed by atoms with E-state index in [1.54, 1.807) is 12.4 Å². The molecule has 35 heavy (non-hydrogen) atoms. The second kappa shape index (κ2) is 16.1. The molecule has 0 bridgehead atoms. The van der Waals surface area contributed by atoms with Gasteiger partial charge in [0, 0.05) is 5.56 Å². The van der Waals surface area contributed by atoms with Crippen LogP contribution in [0.2, 0.25) is 0 Å². The molecule has 2 aromatic carbocycles. The summed E-state index contributed by atoms with van der Waals surface area (Å²) in [6, 6.07) is 17.5. The van der Waals surface area contributed by atoms with E-state index in [1.165, 1.54) is 81.8 Å². The Morgan fingerprint density at radius 3 is 1.63 bits per heavy atom. The molecule has 0 unspecified atom stereocenters. The van der Waals surface area contributed by atoms with Crippen molar-refractivity contribution in [1.82, 2.24) is 9.97 Å². The number of hydrogen-bond donors (Lipinski definition) is 0. The predicted molar refractivity (Wildman–Crippen MR) is 148 cm³/mol. The zero-order chi connectivity index (χ0) is 24.6. The molecule has 0 N–H and O–H groups in total. The Labute approximate surface area is 213 Å². The van der Waals surface area contributed by atoms with Gasteiger partial charge in [-0.05, 0) is 42.4 Å². The fourth-order valence-electron chi connectivity index (χ4n) is 4.38. The van der Waals surface area contributed by atoms with Crippen molar-refractivity contribution < 1.29 is 4.74 Å². The van der Waals surface area contributed by atoms with Crippen LogP contribution < -0.4 is 4.74 Å². The summed E-state index contributed by atoms with van der Waals surface area (Å²) in [4.78, 5) is 9.05. The van der Waals surface area contributed by atoms with E-state index in [2.05, 4.69) is 72.3 Å². The van der Waals surface area contributed by atoms with Crippen molar-refractivity contribution in [2.24, 2.45) is 0 Å². The second-order valence-corrected chi connectivity index (χ2v) is 9.72. The van der Waals surface area contributed by atoms with Crippen LogP contribution in [-0.4, -0.2) is 9.97 Å². The number of aryl methyl sites for hydroxylation is 2. The van der Waals surface area contributed by atoms with Gasteiger partial charge in [0.05, 0.1) is 18.1 Å². The third-order valence-corrected chi connectivity index (χ3v) is 6.68. The minimum Gasteiger partial charge on any atom is -0.472 e. The van der Waals surface area contributed by atoms with Crippen LogP contribution in [0.25, 0.3) is 11.3 Å². The largest absolute Gasteiger partial charge is 0.472 e. The van der Waals surface area contributed by atoms with Gasteiger partial charge in [0.1, 0.15) is 6.61 Å². The molecule has 1 heterocycles. The molecule has 188 valence electrons. The van der Waals surface area contributed by atoms with Crippen LogP contribution in [0.1, 0.15) is 101 Å². The van der Waals surface area contributed by atoms with Crippen molar-refractivity contribution >= 4 is 0 Å². The third-order valence-electron chi connectivity index (χ3n) is 6.68. The summed E-state index contributed by atoms with van der Waals surface area (Å²) in [5, 5.41) is 0. The number of benzene rings is 2. The van der Waals surface area contributed by atoms with E-state index < -0.39 is 0 Å². The Morgan fingerprint density at radius 1 is 0.543 bits per heavy atom. The van der Waals surface area contributed by atoms with Crippen molar-refractivity contribution in [2.75, 3.05) is 0 Å². The molecular formula is C32H44N2O. The Morgan fingerprint density at radius 2 is 1.06 bits per heavy atom. The Bertz CT molecular complexity index is 933. The zero-order valence-electron chi connectivity index (χ0n) is 22.0. The molecule has 0 aliphatic carbocycles. The highest BCUT2D eigenvalue weighted by atomic mass is 16.5. The van der Waals surface area contributed by atoms with Crippen LogP contribution >= 0.6 is 0 Å². The van der Waals surface area contributed by atoms with E-state index in [0.29, 0.717) is 12.5 Å². The number of ether oxygens (including phenoxy) is 1. The topological polar surface area (TPSA) is 35.0 Å². The maximum atomic E-state index is 5.87. The second-order valence-electron chi connectivity index (χ2n) is 9.72. The van der Waals surface area contributed by atoms with Crippen LogP contribution in [-0.2, 0) is 19.4 Å². The smallest absolute Gasteiger partial charge is 0.232 e. The van der Waals surface area contributed by atoms with Crippen LogP contribution in [0.4, 0.5) is 0 Å².